The molecule has 1 rings (SSSR count). The van der Waals surface area contributed by atoms with Crippen molar-refractivity contribution in [3.8, 4) is 12.1 Å². The average Bonchev–Trinajstić information content (AvgIpc) is 2.50. The molecule has 1 aromatic carbocycles. The molecule has 0 N–H and O–H groups in total. The number of carbonyl (C=O) groups is 2. The van der Waals surface area contributed by atoms with E-state index in [0.717, 1.165) is 6.42 Å². The van der Waals surface area contributed by atoms with Crippen molar-refractivity contribution in [3.63, 3.8) is 0 Å². The summed E-state index contributed by atoms with van der Waals surface area (Å²) in [6.45, 7) is 1.86. The van der Waals surface area contributed by atoms with Gasteiger partial charge in [-0.25, -0.2) is 4.39 Å². The molecule has 0 aromatic heterocycles. The highest BCUT2D eigenvalue weighted by molar-refractivity contribution is 6.13. The third-order valence-electron chi connectivity index (χ3n) is 2.77. The van der Waals surface area contributed by atoms with Crippen molar-refractivity contribution >= 4 is 11.6 Å². The van der Waals surface area contributed by atoms with Gasteiger partial charge in [0.1, 0.15) is 0 Å². The maximum absolute atomic E-state index is 13.8. The molecule has 0 aliphatic rings. The normalized spacial score (nSPS) is 11.2. The lowest BCUT2D eigenvalue weighted by atomic mass is 9.98. The molecule has 0 bridgehead atoms. The van der Waals surface area contributed by atoms with Crippen LogP contribution in [0.1, 0.15) is 47.7 Å². The highest BCUT2D eigenvalue weighted by Gasteiger charge is 2.26. The van der Waals surface area contributed by atoms with Crippen LogP contribution in [0, 0.1) is 22.7 Å². The van der Waals surface area contributed by atoms with E-state index < -0.39 is 17.7 Å². The number of nitriles is 2. The lowest BCUT2D eigenvalue weighted by Gasteiger charge is -2.07. The Balaban J connectivity index is 3.00. The Morgan fingerprint density at radius 1 is 1.20 bits per heavy atom. The van der Waals surface area contributed by atoms with E-state index in [4.69, 9.17) is 10.5 Å². The van der Waals surface area contributed by atoms with Crippen molar-refractivity contribution in [2.75, 3.05) is 0 Å². The fraction of sp³-hybridized carbons (Fsp3) is 0.333. The Morgan fingerprint density at radius 3 is 2.20 bits per heavy atom. The van der Waals surface area contributed by atoms with Gasteiger partial charge in [0.15, 0.2) is 5.78 Å². The molecular weight excluding hydrogens is 259 g/mol. The summed E-state index contributed by atoms with van der Waals surface area (Å²) in [7, 11) is 0. The standard InChI is InChI=1S/C15H13FN2O2/c1-2-3-4-13(19)14(16)15(20)12-6-10(8-17)5-11(7-12)9-18/h5-7,14H,2-4H2,1H3. The lowest BCUT2D eigenvalue weighted by Crippen LogP contribution is -2.25. The van der Waals surface area contributed by atoms with Crippen LogP contribution in [0.3, 0.4) is 0 Å². The second-order valence-electron chi connectivity index (χ2n) is 4.32. The van der Waals surface area contributed by atoms with E-state index in [2.05, 4.69) is 0 Å². The molecule has 1 aromatic rings. The first-order valence-corrected chi connectivity index (χ1v) is 6.19. The zero-order chi connectivity index (χ0) is 15.1. The first kappa shape index (κ1) is 15.5. The van der Waals surface area contributed by atoms with Gasteiger partial charge < -0.3 is 0 Å². The molecule has 1 atom stereocenters. The predicted molar refractivity (Wildman–Crippen MR) is 69.6 cm³/mol. The molecule has 20 heavy (non-hydrogen) atoms. The quantitative estimate of drug-likeness (QED) is 0.589. The smallest absolute Gasteiger partial charge is 0.220 e. The largest absolute Gasteiger partial charge is 0.296 e. The van der Waals surface area contributed by atoms with Gasteiger partial charge in [0.2, 0.25) is 12.0 Å². The number of rotatable bonds is 6. The highest BCUT2D eigenvalue weighted by atomic mass is 19.1. The lowest BCUT2D eigenvalue weighted by molar-refractivity contribution is -0.122. The minimum atomic E-state index is -2.23. The van der Waals surface area contributed by atoms with Crippen LogP contribution >= 0.6 is 0 Å². The van der Waals surface area contributed by atoms with E-state index in [-0.39, 0.29) is 23.1 Å². The van der Waals surface area contributed by atoms with Crippen LogP contribution in [-0.4, -0.2) is 17.7 Å². The summed E-state index contributed by atoms with van der Waals surface area (Å²) in [5, 5.41) is 17.6. The maximum atomic E-state index is 13.8. The van der Waals surface area contributed by atoms with Crippen molar-refractivity contribution in [1.82, 2.24) is 0 Å². The van der Waals surface area contributed by atoms with E-state index in [9.17, 15) is 14.0 Å². The number of halogens is 1. The Hall–Kier alpha value is -2.53. The fourth-order valence-electron chi connectivity index (χ4n) is 1.67. The molecule has 0 saturated carbocycles. The SMILES string of the molecule is CCCCC(=O)C(F)C(=O)c1cc(C#N)cc(C#N)c1. The van der Waals surface area contributed by atoms with E-state index in [0.29, 0.717) is 6.42 Å². The summed E-state index contributed by atoms with van der Waals surface area (Å²) in [6.07, 6.45) is -0.974. The van der Waals surface area contributed by atoms with Crippen LogP contribution in [0.5, 0.6) is 0 Å². The molecule has 1 unspecified atom stereocenters. The molecule has 0 radical (unpaired) electrons. The molecule has 0 saturated heterocycles. The summed E-state index contributed by atoms with van der Waals surface area (Å²) < 4.78 is 13.8. The van der Waals surface area contributed by atoms with Gasteiger partial charge in [-0.3, -0.25) is 9.59 Å². The Kier molecular flexibility index (Phi) is 5.56. The van der Waals surface area contributed by atoms with Crippen LogP contribution < -0.4 is 0 Å². The number of nitrogens with zero attached hydrogens (tertiary/aromatic N) is 2. The zero-order valence-electron chi connectivity index (χ0n) is 11.0. The number of benzene rings is 1. The van der Waals surface area contributed by atoms with Gasteiger partial charge in [-0.1, -0.05) is 13.3 Å². The Bertz CT molecular complexity index is 579. The van der Waals surface area contributed by atoms with Crippen molar-refractivity contribution in [3.05, 3.63) is 34.9 Å². The van der Waals surface area contributed by atoms with Crippen LogP contribution in [0.15, 0.2) is 18.2 Å². The summed E-state index contributed by atoms with van der Waals surface area (Å²) in [6, 6.07) is 7.24. The molecule has 0 spiro atoms. The van der Waals surface area contributed by atoms with Crippen molar-refractivity contribution in [1.29, 1.82) is 10.5 Å². The van der Waals surface area contributed by atoms with E-state index in [1.165, 1.54) is 18.2 Å². The minimum absolute atomic E-state index is 0.00640. The predicted octanol–water partition coefficient (Wildman–Crippen LogP) is 2.71. The van der Waals surface area contributed by atoms with Crippen LogP contribution in [0.4, 0.5) is 4.39 Å². The summed E-state index contributed by atoms with van der Waals surface area (Å²) in [5.41, 5.74) is 0.0409. The number of hydrogen-bond acceptors (Lipinski definition) is 4. The first-order valence-electron chi connectivity index (χ1n) is 6.19. The molecule has 5 heteroatoms. The van der Waals surface area contributed by atoms with Crippen molar-refractivity contribution in [2.24, 2.45) is 0 Å². The Labute approximate surface area is 116 Å². The second kappa shape index (κ2) is 7.16. The van der Waals surface area contributed by atoms with Gasteiger partial charge in [0.25, 0.3) is 0 Å². The second-order valence-corrected chi connectivity index (χ2v) is 4.32. The highest BCUT2D eigenvalue weighted by Crippen LogP contribution is 2.14. The van der Waals surface area contributed by atoms with Gasteiger partial charge >= 0.3 is 0 Å². The zero-order valence-corrected chi connectivity index (χ0v) is 11.0. The molecule has 0 fully saturated rings. The van der Waals surface area contributed by atoms with Gasteiger partial charge in [0, 0.05) is 12.0 Å². The van der Waals surface area contributed by atoms with Gasteiger partial charge in [-0.2, -0.15) is 10.5 Å². The molecule has 4 nitrogen and oxygen atoms in total. The van der Waals surface area contributed by atoms with Gasteiger partial charge in [-0.05, 0) is 24.6 Å². The molecule has 102 valence electrons. The number of alkyl halides is 1. The molecule has 0 aliphatic heterocycles. The average molecular weight is 272 g/mol. The minimum Gasteiger partial charge on any atom is -0.296 e. The number of unbranched alkanes of at least 4 members (excludes halogenated alkanes) is 1. The molecule has 0 aliphatic carbocycles. The van der Waals surface area contributed by atoms with Crippen molar-refractivity contribution < 1.29 is 14.0 Å². The van der Waals surface area contributed by atoms with Crippen LogP contribution in [0.2, 0.25) is 0 Å². The molecule has 0 heterocycles. The van der Waals surface area contributed by atoms with Gasteiger partial charge in [0.05, 0.1) is 23.3 Å². The monoisotopic (exact) mass is 272 g/mol. The third-order valence-corrected chi connectivity index (χ3v) is 2.77. The van der Waals surface area contributed by atoms with E-state index >= 15 is 0 Å². The van der Waals surface area contributed by atoms with Crippen LogP contribution in [0.25, 0.3) is 0 Å². The topological polar surface area (TPSA) is 81.7 Å². The van der Waals surface area contributed by atoms with Crippen LogP contribution in [-0.2, 0) is 4.79 Å². The fourth-order valence-corrected chi connectivity index (χ4v) is 1.67. The maximum Gasteiger partial charge on any atom is 0.220 e. The summed E-state index contributed by atoms with van der Waals surface area (Å²) in [4.78, 5) is 23.4. The van der Waals surface area contributed by atoms with E-state index in [1.54, 1.807) is 12.1 Å². The number of hydrogen-bond donors (Lipinski definition) is 0. The third kappa shape index (κ3) is 3.73. The van der Waals surface area contributed by atoms with Crippen molar-refractivity contribution in [2.45, 2.75) is 32.4 Å². The molecular formula is C15H13FN2O2. The molecule has 0 amide bonds. The number of carbonyl (C=O) groups excluding carboxylic acids is 2. The summed E-state index contributed by atoms with van der Waals surface area (Å²) >= 11 is 0. The first-order chi connectivity index (χ1) is 9.53. The van der Waals surface area contributed by atoms with Gasteiger partial charge in [-0.15, -0.1) is 0 Å². The Morgan fingerprint density at radius 2 is 1.75 bits per heavy atom. The van der Waals surface area contributed by atoms with E-state index in [1.807, 2.05) is 6.92 Å². The summed E-state index contributed by atoms with van der Waals surface area (Å²) in [5.74, 6) is -1.77. The number of ketones is 2. The number of Topliss-reactive ketones (excluding diaryl/α,β-unsaturated/α-hetero) is 2.